The molecule has 126 valence electrons. The molecule has 0 aliphatic rings. The van der Waals surface area contributed by atoms with Gasteiger partial charge in [-0.1, -0.05) is 42.5 Å². The molecule has 0 amide bonds. The van der Waals surface area contributed by atoms with Crippen molar-refractivity contribution in [3.8, 4) is 5.69 Å². The van der Waals surface area contributed by atoms with E-state index in [1.54, 1.807) is 12.5 Å². The molecule has 1 aromatic heterocycles. The number of nitrogens with one attached hydrogen (secondary N) is 2. The largest absolute Gasteiger partial charge is 0.357 e. The minimum Gasteiger partial charge on any atom is -0.357 e. The number of hydrogen-bond donors (Lipinski definition) is 2. The van der Waals surface area contributed by atoms with Crippen molar-refractivity contribution < 1.29 is 0 Å². The third-order valence-corrected chi connectivity index (χ3v) is 3.94. The first-order valence-corrected chi connectivity index (χ1v) is 8.34. The van der Waals surface area contributed by atoms with Crippen LogP contribution < -0.4 is 10.7 Å². The lowest BCUT2D eigenvalue weighted by atomic mass is 10.1. The highest BCUT2D eigenvalue weighted by Crippen LogP contribution is 2.10. The molecule has 0 unspecified atom stereocenters. The first-order chi connectivity index (χ1) is 12.2. The maximum absolute atomic E-state index is 5.26. The molecule has 2 N–H and O–H groups in total. The third-order valence-electron chi connectivity index (χ3n) is 3.71. The van der Waals surface area contributed by atoms with Gasteiger partial charge in [-0.05, 0) is 42.4 Å². The van der Waals surface area contributed by atoms with Crippen molar-refractivity contribution >= 4 is 23.0 Å². The van der Waals surface area contributed by atoms with E-state index in [4.69, 9.17) is 12.2 Å². The summed E-state index contributed by atoms with van der Waals surface area (Å²) in [4.78, 5) is 4.05. The first kappa shape index (κ1) is 16.9. The standard InChI is InChI=1S/C19H19N5S/c1-15(17-7-9-18(10-8-17)24-12-11-20-14-24)22-23-19(25)21-13-16-5-3-2-4-6-16/h2-12,14H,13H2,1H3,(H2,21,23,25)/b22-15-. The molecule has 2 aromatic carbocycles. The molecule has 0 saturated heterocycles. The summed E-state index contributed by atoms with van der Waals surface area (Å²) in [6, 6.07) is 18.2. The van der Waals surface area contributed by atoms with Crippen LogP contribution in [0.25, 0.3) is 5.69 Å². The summed E-state index contributed by atoms with van der Waals surface area (Å²) in [7, 11) is 0. The fourth-order valence-corrected chi connectivity index (χ4v) is 2.42. The highest BCUT2D eigenvalue weighted by molar-refractivity contribution is 7.80. The van der Waals surface area contributed by atoms with Crippen LogP contribution in [0.4, 0.5) is 0 Å². The molecule has 6 heteroatoms. The van der Waals surface area contributed by atoms with Crippen molar-refractivity contribution in [3.05, 3.63) is 84.4 Å². The number of rotatable bonds is 5. The van der Waals surface area contributed by atoms with Gasteiger partial charge in [0, 0.05) is 24.6 Å². The quantitative estimate of drug-likeness (QED) is 0.422. The van der Waals surface area contributed by atoms with Crippen LogP contribution in [0, 0.1) is 0 Å². The summed E-state index contributed by atoms with van der Waals surface area (Å²) in [6.45, 7) is 2.61. The Morgan fingerprint density at radius 1 is 1.12 bits per heavy atom. The lowest BCUT2D eigenvalue weighted by Crippen LogP contribution is -2.32. The molecule has 3 rings (SSSR count). The second kappa shape index (κ2) is 8.21. The average molecular weight is 349 g/mol. The number of hydrazone groups is 1. The van der Waals surface area contributed by atoms with Crippen LogP contribution in [0.1, 0.15) is 18.1 Å². The molecule has 0 spiro atoms. The van der Waals surface area contributed by atoms with Crippen LogP contribution in [0.3, 0.4) is 0 Å². The average Bonchev–Trinajstić information content (AvgIpc) is 3.20. The van der Waals surface area contributed by atoms with Crippen molar-refractivity contribution in [3.63, 3.8) is 0 Å². The second-order valence-electron chi connectivity index (χ2n) is 5.49. The Hall–Kier alpha value is -2.99. The molecule has 0 radical (unpaired) electrons. The van der Waals surface area contributed by atoms with E-state index < -0.39 is 0 Å². The second-order valence-corrected chi connectivity index (χ2v) is 5.90. The van der Waals surface area contributed by atoms with Crippen molar-refractivity contribution in [2.75, 3.05) is 0 Å². The van der Waals surface area contributed by atoms with E-state index in [-0.39, 0.29) is 0 Å². The van der Waals surface area contributed by atoms with Crippen molar-refractivity contribution in [2.24, 2.45) is 5.10 Å². The molecule has 0 fully saturated rings. The SMILES string of the molecule is C/C(=N/NC(=S)NCc1ccccc1)c1ccc(-n2ccnc2)cc1. The van der Waals surface area contributed by atoms with Gasteiger partial charge in [-0.3, -0.25) is 5.43 Å². The van der Waals surface area contributed by atoms with Crippen LogP contribution in [-0.2, 0) is 6.54 Å². The number of thiocarbonyl (C=S) groups is 1. The fraction of sp³-hybridized carbons (Fsp3) is 0.105. The molecule has 0 saturated carbocycles. The molecular weight excluding hydrogens is 330 g/mol. The van der Waals surface area contributed by atoms with Gasteiger partial charge in [-0.25, -0.2) is 4.98 Å². The molecule has 1 heterocycles. The monoisotopic (exact) mass is 349 g/mol. The Labute approximate surface area is 152 Å². The van der Waals surface area contributed by atoms with E-state index >= 15 is 0 Å². The van der Waals surface area contributed by atoms with Crippen molar-refractivity contribution in [2.45, 2.75) is 13.5 Å². The zero-order chi connectivity index (χ0) is 17.5. The highest BCUT2D eigenvalue weighted by atomic mass is 32.1. The molecule has 3 aromatic rings. The van der Waals surface area contributed by atoms with Gasteiger partial charge in [0.1, 0.15) is 0 Å². The van der Waals surface area contributed by atoms with Crippen molar-refractivity contribution in [1.29, 1.82) is 0 Å². The Bertz CT molecular complexity index is 839. The predicted molar refractivity (Wildman–Crippen MR) is 105 cm³/mol. The normalized spacial score (nSPS) is 11.2. The molecule has 0 aliphatic heterocycles. The summed E-state index contributed by atoms with van der Waals surface area (Å²) in [5, 5.41) is 7.98. The van der Waals surface area contributed by atoms with Gasteiger partial charge in [0.25, 0.3) is 0 Å². The Morgan fingerprint density at radius 2 is 1.88 bits per heavy atom. The minimum absolute atomic E-state index is 0.498. The number of benzene rings is 2. The van der Waals surface area contributed by atoms with Crippen LogP contribution in [-0.4, -0.2) is 20.4 Å². The van der Waals surface area contributed by atoms with E-state index in [9.17, 15) is 0 Å². The van der Waals surface area contributed by atoms with Gasteiger partial charge in [-0.2, -0.15) is 5.10 Å². The summed E-state index contributed by atoms with van der Waals surface area (Å²) in [5.74, 6) is 0. The maximum Gasteiger partial charge on any atom is 0.187 e. The third kappa shape index (κ3) is 4.74. The molecule has 0 atom stereocenters. The molecule has 0 bridgehead atoms. The van der Waals surface area contributed by atoms with Crippen LogP contribution in [0.2, 0.25) is 0 Å². The van der Waals surface area contributed by atoms with Crippen LogP contribution >= 0.6 is 12.2 Å². The van der Waals surface area contributed by atoms with Gasteiger partial charge >= 0.3 is 0 Å². The van der Waals surface area contributed by atoms with E-state index in [0.29, 0.717) is 11.7 Å². The van der Waals surface area contributed by atoms with E-state index in [1.165, 1.54) is 5.56 Å². The van der Waals surface area contributed by atoms with E-state index in [1.807, 2.05) is 72.3 Å². The summed E-state index contributed by atoms with van der Waals surface area (Å²) in [6.07, 6.45) is 5.44. The van der Waals surface area contributed by atoms with E-state index in [0.717, 1.165) is 17.0 Å². The Morgan fingerprint density at radius 3 is 2.56 bits per heavy atom. The Kier molecular flexibility index (Phi) is 5.53. The lowest BCUT2D eigenvalue weighted by Gasteiger charge is -2.08. The highest BCUT2D eigenvalue weighted by Gasteiger charge is 2.01. The number of aromatic nitrogens is 2. The fourth-order valence-electron chi connectivity index (χ4n) is 2.30. The van der Waals surface area contributed by atoms with Crippen LogP contribution in [0.5, 0.6) is 0 Å². The lowest BCUT2D eigenvalue weighted by molar-refractivity contribution is 0.866. The zero-order valence-electron chi connectivity index (χ0n) is 13.9. The molecule has 5 nitrogen and oxygen atoms in total. The predicted octanol–water partition coefficient (Wildman–Crippen LogP) is 3.26. The van der Waals surface area contributed by atoms with E-state index in [2.05, 4.69) is 20.8 Å². The smallest absolute Gasteiger partial charge is 0.187 e. The van der Waals surface area contributed by atoms with Gasteiger partial charge in [0.2, 0.25) is 0 Å². The number of hydrogen-bond acceptors (Lipinski definition) is 3. The zero-order valence-corrected chi connectivity index (χ0v) is 14.7. The van der Waals surface area contributed by atoms with Gasteiger partial charge < -0.3 is 9.88 Å². The van der Waals surface area contributed by atoms with Gasteiger partial charge in [-0.15, -0.1) is 0 Å². The summed E-state index contributed by atoms with van der Waals surface area (Å²) in [5.41, 5.74) is 7.00. The topological polar surface area (TPSA) is 54.2 Å². The summed E-state index contributed by atoms with van der Waals surface area (Å²) >= 11 is 5.26. The molecule has 0 aliphatic carbocycles. The van der Waals surface area contributed by atoms with Gasteiger partial charge in [0.15, 0.2) is 5.11 Å². The van der Waals surface area contributed by atoms with Crippen molar-refractivity contribution in [1.82, 2.24) is 20.3 Å². The Balaban J connectivity index is 1.55. The maximum atomic E-state index is 5.26. The number of imidazole rings is 1. The van der Waals surface area contributed by atoms with Crippen LogP contribution in [0.15, 0.2) is 78.4 Å². The first-order valence-electron chi connectivity index (χ1n) is 7.93. The number of nitrogens with zero attached hydrogens (tertiary/aromatic N) is 3. The van der Waals surface area contributed by atoms with Gasteiger partial charge in [0.05, 0.1) is 12.0 Å². The minimum atomic E-state index is 0.498. The summed E-state index contributed by atoms with van der Waals surface area (Å²) < 4.78 is 1.96. The molecule has 25 heavy (non-hydrogen) atoms. The molecular formula is C19H19N5S.